The molecule has 1 heterocycles. The highest BCUT2D eigenvalue weighted by Crippen LogP contribution is 2.69. The summed E-state index contributed by atoms with van der Waals surface area (Å²) in [6.45, 7) is 13.0. The molecule has 0 aromatic heterocycles. The van der Waals surface area contributed by atoms with Crippen LogP contribution in [0.15, 0.2) is 35.9 Å². The SMILES string of the molecule is CC1(C)OB(c2ccc(CCC3CC4=CC(=O)CC[C@]4(C)[C@H]4CC[C@@]5(C)[C@@H](CC[C@]5(O)CCC(=O)O)[C@H]34)cc2)OC1(C)C. The van der Waals surface area contributed by atoms with Gasteiger partial charge in [0.25, 0.3) is 0 Å². The molecule has 4 aliphatic carbocycles. The predicted molar refractivity (Wildman–Crippen MR) is 168 cm³/mol. The zero-order chi connectivity index (χ0) is 31.0. The molecular weight excluding hydrogens is 539 g/mol. The lowest BCUT2D eigenvalue weighted by molar-refractivity contribution is -0.152. The number of aliphatic hydroxyl groups is 1. The van der Waals surface area contributed by atoms with E-state index in [2.05, 4.69) is 65.8 Å². The van der Waals surface area contributed by atoms with Gasteiger partial charge >= 0.3 is 13.1 Å². The Morgan fingerprint density at radius 1 is 0.953 bits per heavy atom. The molecule has 4 fully saturated rings. The number of ketones is 1. The number of hydrogen-bond donors (Lipinski definition) is 2. The van der Waals surface area contributed by atoms with E-state index >= 15 is 0 Å². The standard InChI is InChI=1S/C36H51BO6/c1-32(2)33(3,4)43-37(42-32)26-11-8-23(9-12-26)7-10-24-21-25-22-27(38)13-17-34(25,5)28-14-18-35(6)29(31(24)28)15-19-36(35,41)20-16-30(39)40/h8-9,11-12,22,24,28-29,31,41H,7,10,13-21H2,1-6H3,(H,39,40)/t24?,28-,29-,31+,34-,35-,36-/m0/s1. The topological polar surface area (TPSA) is 93.1 Å². The first-order chi connectivity index (χ1) is 20.1. The fourth-order valence-electron chi connectivity index (χ4n) is 10.0. The summed E-state index contributed by atoms with van der Waals surface area (Å²) in [4.78, 5) is 24.1. The van der Waals surface area contributed by atoms with Gasteiger partial charge in [-0.3, -0.25) is 9.59 Å². The number of carbonyl (C=O) groups is 2. The largest absolute Gasteiger partial charge is 0.494 e. The highest BCUT2D eigenvalue weighted by Gasteiger charge is 2.65. The summed E-state index contributed by atoms with van der Waals surface area (Å²) in [5.74, 6) is 1.21. The van der Waals surface area contributed by atoms with Gasteiger partial charge in [0, 0.05) is 12.8 Å². The van der Waals surface area contributed by atoms with Gasteiger partial charge in [0.15, 0.2) is 5.78 Å². The monoisotopic (exact) mass is 590 g/mol. The van der Waals surface area contributed by atoms with E-state index in [0.717, 1.165) is 50.4 Å². The van der Waals surface area contributed by atoms with Gasteiger partial charge in [0.05, 0.1) is 16.8 Å². The summed E-state index contributed by atoms with van der Waals surface area (Å²) >= 11 is 0. The van der Waals surface area contributed by atoms with E-state index < -0.39 is 11.6 Å². The molecule has 234 valence electrons. The molecule has 0 amide bonds. The lowest BCUT2D eigenvalue weighted by Crippen LogP contribution is -2.57. The number of rotatable bonds is 7. The highest BCUT2D eigenvalue weighted by molar-refractivity contribution is 6.62. The number of carbonyl (C=O) groups excluding carboxylic acids is 1. The second kappa shape index (κ2) is 10.6. The Morgan fingerprint density at radius 2 is 1.60 bits per heavy atom. The van der Waals surface area contributed by atoms with Crippen LogP contribution in [0.1, 0.15) is 111 Å². The molecule has 7 atom stereocenters. The van der Waals surface area contributed by atoms with Crippen LogP contribution < -0.4 is 5.46 Å². The Morgan fingerprint density at radius 3 is 2.26 bits per heavy atom. The van der Waals surface area contributed by atoms with E-state index in [1.807, 2.05) is 6.08 Å². The van der Waals surface area contributed by atoms with Crippen molar-refractivity contribution in [3.05, 3.63) is 41.5 Å². The minimum atomic E-state index is -0.922. The lowest BCUT2D eigenvalue weighted by Gasteiger charge is -2.61. The fourth-order valence-corrected chi connectivity index (χ4v) is 10.0. The molecule has 1 unspecified atom stereocenters. The smallest absolute Gasteiger partial charge is 0.481 e. The first-order valence-electron chi connectivity index (χ1n) is 16.7. The fraction of sp³-hybridized carbons (Fsp3) is 0.722. The molecule has 6 nitrogen and oxygen atoms in total. The van der Waals surface area contributed by atoms with E-state index in [1.165, 1.54) is 11.1 Å². The van der Waals surface area contributed by atoms with Crippen LogP contribution >= 0.6 is 0 Å². The van der Waals surface area contributed by atoms with Gasteiger partial charge in [-0.1, -0.05) is 43.7 Å². The number of allylic oxidation sites excluding steroid dienone is 1. The number of aryl methyl sites for hydroxylation is 1. The third-order valence-electron chi connectivity index (χ3n) is 13.5. The molecule has 1 saturated heterocycles. The summed E-state index contributed by atoms with van der Waals surface area (Å²) in [6, 6.07) is 8.69. The van der Waals surface area contributed by atoms with Crippen LogP contribution in [-0.2, 0) is 25.3 Å². The molecule has 0 radical (unpaired) electrons. The number of aliphatic carboxylic acids is 1. The highest BCUT2D eigenvalue weighted by atomic mass is 16.7. The van der Waals surface area contributed by atoms with Crippen molar-refractivity contribution in [2.75, 3.05) is 0 Å². The number of hydrogen-bond acceptors (Lipinski definition) is 5. The normalized spacial score (nSPS) is 39.6. The van der Waals surface area contributed by atoms with Crippen LogP contribution in [-0.4, -0.2) is 45.9 Å². The molecule has 0 spiro atoms. The second-order valence-electron chi connectivity index (χ2n) is 16.1. The number of benzene rings is 1. The van der Waals surface area contributed by atoms with Crippen molar-refractivity contribution in [2.24, 2.45) is 34.5 Å². The summed E-state index contributed by atoms with van der Waals surface area (Å²) in [5, 5.41) is 21.4. The van der Waals surface area contributed by atoms with Crippen LogP contribution in [0.25, 0.3) is 0 Å². The molecule has 43 heavy (non-hydrogen) atoms. The maximum absolute atomic E-state index is 12.6. The molecule has 1 aliphatic heterocycles. The van der Waals surface area contributed by atoms with E-state index in [4.69, 9.17) is 9.31 Å². The summed E-state index contributed by atoms with van der Waals surface area (Å²) in [6.07, 6.45) is 10.5. The maximum Gasteiger partial charge on any atom is 0.494 e. The number of carboxylic acid groups (broad SMARTS) is 1. The summed E-state index contributed by atoms with van der Waals surface area (Å²) < 4.78 is 12.5. The molecular formula is C36H51BO6. The number of fused-ring (bicyclic) bond motifs is 5. The zero-order valence-electron chi connectivity index (χ0n) is 27.1. The molecule has 1 aromatic carbocycles. The molecule has 0 bridgehead atoms. The van der Waals surface area contributed by atoms with Crippen LogP contribution in [0.4, 0.5) is 0 Å². The molecule has 2 N–H and O–H groups in total. The van der Waals surface area contributed by atoms with Crippen LogP contribution in [0.3, 0.4) is 0 Å². The summed E-state index contributed by atoms with van der Waals surface area (Å²) in [7, 11) is -0.367. The van der Waals surface area contributed by atoms with Gasteiger partial charge in [-0.15, -0.1) is 0 Å². The first-order valence-corrected chi connectivity index (χ1v) is 16.7. The predicted octanol–water partition coefficient (Wildman–Crippen LogP) is 6.27. The van der Waals surface area contributed by atoms with Crippen LogP contribution in [0.5, 0.6) is 0 Å². The average Bonchev–Trinajstić information content (AvgIpc) is 3.34. The average molecular weight is 591 g/mol. The van der Waals surface area contributed by atoms with Crippen LogP contribution in [0.2, 0.25) is 0 Å². The van der Waals surface area contributed by atoms with Crippen molar-refractivity contribution in [3.8, 4) is 0 Å². The Bertz CT molecular complexity index is 1290. The molecule has 5 aliphatic rings. The minimum Gasteiger partial charge on any atom is -0.481 e. The van der Waals surface area contributed by atoms with Crippen molar-refractivity contribution in [1.82, 2.24) is 0 Å². The third-order valence-corrected chi connectivity index (χ3v) is 13.5. The molecule has 6 rings (SSSR count). The van der Waals surface area contributed by atoms with E-state index in [9.17, 15) is 19.8 Å². The Kier molecular flexibility index (Phi) is 7.62. The van der Waals surface area contributed by atoms with Crippen molar-refractivity contribution in [2.45, 2.75) is 129 Å². The van der Waals surface area contributed by atoms with Crippen molar-refractivity contribution >= 4 is 24.3 Å². The first kappa shape index (κ1) is 31.0. The van der Waals surface area contributed by atoms with E-state index in [1.54, 1.807) is 0 Å². The lowest BCUT2D eigenvalue weighted by atomic mass is 9.43. The molecule has 1 aromatic rings. The van der Waals surface area contributed by atoms with Crippen molar-refractivity contribution in [1.29, 1.82) is 0 Å². The van der Waals surface area contributed by atoms with Gasteiger partial charge in [0.1, 0.15) is 0 Å². The third kappa shape index (κ3) is 5.06. The van der Waals surface area contributed by atoms with E-state index in [0.29, 0.717) is 42.9 Å². The molecule has 3 saturated carbocycles. The summed E-state index contributed by atoms with van der Waals surface area (Å²) in [5.41, 5.74) is 1.80. The van der Waals surface area contributed by atoms with Gasteiger partial charge in [-0.2, -0.15) is 0 Å². The van der Waals surface area contributed by atoms with E-state index in [-0.39, 0.29) is 41.4 Å². The second-order valence-corrected chi connectivity index (χ2v) is 16.1. The Balaban J connectivity index is 1.24. The van der Waals surface area contributed by atoms with Gasteiger partial charge in [-0.25, -0.2) is 0 Å². The quantitative estimate of drug-likeness (QED) is 0.364. The zero-order valence-corrected chi connectivity index (χ0v) is 27.1. The van der Waals surface area contributed by atoms with Crippen LogP contribution in [0, 0.1) is 34.5 Å². The van der Waals surface area contributed by atoms with Crippen molar-refractivity contribution < 1.29 is 29.1 Å². The van der Waals surface area contributed by atoms with Gasteiger partial charge in [0.2, 0.25) is 0 Å². The van der Waals surface area contributed by atoms with Gasteiger partial charge < -0.3 is 19.5 Å². The number of carboxylic acids is 1. The Hall–Kier alpha value is -1.96. The van der Waals surface area contributed by atoms with Crippen molar-refractivity contribution in [3.63, 3.8) is 0 Å². The minimum absolute atomic E-state index is 0.0188. The Labute approximate surface area is 258 Å². The molecule has 7 heteroatoms. The van der Waals surface area contributed by atoms with Gasteiger partial charge in [-0.05, 0) is 137 Å². The maximum atomic E-state index is 12.6.